The van der Waals surface area contributed by atoms with Gasteiger partial charge in [-0.3, -0.25) is 14.9 Å². The lowest BCUT2D eigenvalue weighted by Crippen LogP contribution is -2.49. The molecule has 0 aromatic carbocycles. The van der Waals surface area contributed by atoms with Crippen LogP contribution in [0.2, 0.25) is 0 Å². The van der Waals surface area contributed by atoms with Crippen LogP contribution in [0.5, 0.6) is 0 Å². The number of nitrogens with two attached hydrogens (primary N) is 1. The van der Waals surface area contributed by atoms with Gasteiger partial charge in [-0.25, -0.2) is 0 Å². The molecule has 1 atom stereocenters. The molecule has 0 aliphatic heterocycles. The van der Waals surface area contributed by atoms with Crippen molar-refractivity contribution >= 4 is 11.8 Å². The van der Waals surface area contributed by atoms with E-state index in [1.165, 1.54) is 0 Å². The SMILES string of the molecule is CC(C)(C)NC(=O)CC(NCC(F)(F)F)C(N)=O. The average Bonchev–Trinajstić information content (AvgIpc) is 2.06. The van der Waals surface area contributed by atoms with Crippen LogP contribution in [-0.4, -0.2) is 36.1 Å². The number of primary amides is 1. The second-order valence-corrected chi connectivity index (χ2v) is 4.95. The first-order valence-corrected chi connectivity index (χ1v) is 5.31. The van der Waals surface area contributed by atoms with E-state index in [2.05, 4.69) is 5.32 Å². The Hall–Kier alpha value is -1.31. The highest BCUT2D eigenvalue weighted by Gasteiger charge is 2.30. The van der Waals surface area contributed by atoms with Crippen LogP contribution in [0.15, 0.2) is 0 Å². The molecule has 106 valence electrons. The van der Waals surface area contributed by atoms with Crippen LogP contribution in [0, 0.1) is 0 Å². The Balaban J connectivity index is 4.37. The molecule has 0 fully saturated rings. The van der Waals surface area contributed by atoms with E-state index in [-0.39, 0.29) is 0 Å². The monoisotopic (exact) mass is 269 g/mol. The molecule has 0 radical (unpaired) electrons. The fraction of sp³-hybridized carbons (Fsp3) is 0.800. The van der Waals surface area contributed by atoms with Gasteiger partial charge in [-0.05, 0) is 20.8 Å². The predicted octanol–water partition coefficient (Wildman–Crippen LogP) is 0.297. The number of rotatable bonds is 5. The zero-order valence-corrected chi connectivity index (χ0v) is 10.5. The Morgan fingerprint density at radius 3 is 2.06 bits per heavy atom. The molecule has 2 amide bonds. The van der Waals surface area contributed by atoms with Gasteiger partial charge in [0, 0.05) is 5.54 Å². The van der Waals surface area contributed by atoms with Crippen LogP contribution in [0.1, 0.15) is 27.2 Å². The lowest BCUT2D eigenvalue weighted by molar-refractivity contribution is -0.134. The Morgan fingerprint density at radius 2 is 1.72 bits per heavy atom. The highest BCUT2D eigenvalue weighted by atomic mass is 19.4. The highest BCUT2D eigenvalue weighted by Crippen LogP contribution is 2.13. The first-order valence-electron chi connectivity index (χ1n) is 5.31. The first kappa shape index (κ1) is 16.7. The third-order valence-electron chi connectivity index (χ3n) is 1.80. The summed E-state index contributed by atoms with van der Waals surface area (Å²) >= 11 is 0. The summed E-state index contributed by atoms with van der Waals surface area (Å²) < 4.78 is 35.9. The maximum atomic E-state index is 12.0. The summed E-state index contributed by atoms with van der Waals surface area (Å²) in [5.74, 6) is -1.54. The number of carbonyl (C=O) groups is 2. The molecule has 0 bridgehead atoms. The molecule has 5 nitrogen and oxygen atoms in total. The Morgan fingerprint density at radius 1 is 1.22 bits per heavy atom. The average molecular weight is 269 g/mol. The van der Waals surface area contributed by atoms with Crippen molar-refractivity contribution in [2.45, 2.75) is 44.9 Å². The molecule has 0 heterocycles. The van der Waals surface area contributed by atoms with Crippen LogP contribution < -0.4 is 16.4 Å². The molecule has 0 spiro atoms. The molecule has 0 aliphatic rings. The third-order valence-corrected chi connectivity index (χ3v) is 1.80. The Labute approximate surface area is 103 Å². The standard InChI is InChI=1S/C10H18F3N3O2/c1-9(2,3)16-7(17)4-6(8(14)18)15-5-10(11,12)13/h6,15H,4-5H2,1-3H3,(H2,14,18)(H,16,17). The van der Waals surface area contributed by atoms with Crippen molar-refractivity contribution in [2.24, 2.45) is 5.73 Å². The second kappa shape index (κ2) is 6.03. The van der Waals surface area contributed by atoms with E-state index in [1.54, 1.807) is 20.8 Å². The molecule has 18 heavy (non-hydrogen) atoms. The summed E-state index contributed by atoms with van der Waals surface area (Å²) in [7, 11) is 0. The summed E-state index contributed by atoms with van der Waals surface area (Å²) in [5, 5.41) is 4.45. The lowest BCUT2D eigenvalue weighted by Gasteiger charge is -2.22. The summed E-state index contributed by atoms with van der Waals surface area (Å²) in [6, 6.07) is -1.34. The highest BCUT2D eigenvalue weighted by molar-refractivity contribution is 5.87. The molecular weight excluding hydrogens is 251 g/mol. The minimum Gasteiger partial charge on any atom is -0.368 e. The fourth-order valence-corrected chi connectivity index (χ4v) is 1.17. The van der Waals surface area contributed by atoms with Crippen molar-refractivity contribution in [1.82, 2.24) is 10.6 Å². The van der Waals surface area contributed by atoms with Crippen LogP contribution in [0.3, 0.4) is 0 Å². The number of hydrogen-bond donors (Lipinski definition) is 3. The molecule has 0 aromatic rings. The van der Waals surface area contributed by atoms with Crippen LogP contribution >= 0.6 is 0 Å². The van der Waals surface area contributed by atoms with Crippen molar-refractivity contribution in [3.8, 4) is 0 Å². The van der Waals surface area contributed by atoms with Crippen LogP contribution in [0.25, 0.3) is 0 Å². The van der Waals surface area contributed by atoms with Gasteiger partial charge in [0.15, 0.2) is 0 Å². The van der Waals surface area contributed by atoms with Crippen molar-refractivity contribution in [1.29, 1.82) is 0 Å². The van der Waals surface area contributed by atoms with Gasteiger partial charge in [0.05, 0.1) is 19.0 Å². The van der Waals surface area contributed by atoms with Crippen molar-refractivity contribution < 1.29 is 22.8 Å². The van der Waals surface area contributed by atoms with Gasteiger partial charge in [-0.1, -0.05) is 0 Å². The van der Waals surface area contributed by atoms with E-state index in [9.17, 15) is 22.8 Å². The summed E-state index contributed by atoms with van der Waals surface area (Å²) in [5.41, 5.74) is 4.40. The smallest absolute Gasteiger partial charge is 0.368 e. The minimum atomic E-state index is -4.46. The maximum absolute atomic E-state index is 12.0. The van der Waals surface area contributed by atoms with Gasteiger partial charge >= 0.3 is 6.18 Å². The fourth-order valence-electron chi connectivity index (χ4n) is 1.17. The number of carbonyl (C=O) groups excluding carboxylic acids is 2. The number of hydrogen-bond acceptors (Lipinski definition) is 3. The van der Waals surface area contributed by atoms with Crippen molar-refractivity contribution in [3.05, 3.63) is 0 Å². The molecule has 0 aromatic heterocycles. The van der Waals surface area contributed by atoms with Gasteiger partial charge in [0.2, 0.25) is 11.8 Å². The summed E-state index contributed by atoms with van der Waals surface area (Å²) in [4.78, 5) is 22.4. The zero-order chi connectivity index (χ0) is 14.6. The van der Waals surface area contributed by atoms with E-state index in [0.717, 1.165) is 0 Å². The molecule has 0 saturated carbocycles. The molecule has 0 saturated heterocycles. The zero-order valence-electron chi connectivity index (χ0n) is 10.5. The first-order chi connectivity index (χ1) is 7.91. The largest absolute Gasteiger partial charge is 0.401 e. The lowest BCUT2D eigenvalue weighted by atomic mass is 10.1. The normalized spacial score (nSPS) is 14.1. The minimum absolute atomic E-state index is 0.428. The molecule has 4 N–H and O–H groups in total. The second-order valence-electron chi connectivity index (χ2n) is 4.95. The summed E-state index contributed by atoms with van der Waals surface area (Å²) in [6.45, 7) is 3.78. The van der Waals surface area contributed by atoms with Gasteiger partial charge in [0.1, 0.15) is 0 Å². The van der Waals surface area contributed by atoms with Crippen molar-refractivity contribution in [3.63, 3.8) is 0 Å². The Kier molecular flexibility index (Phi) is 5.59. The van der Waals surface area contributed by atoms with Crippen LogP contribution in [-0.2, 0) is 9.59 Å². The van der Waals surface area contributed by atoms with E-state index in [1.807, 2.05) is 5.32 Å². The molecule has 8 heteroatoms. The Bertz CT molecular complexity index is 310. The predicted molar refractivity (Wildman–Crippen MR) is 59.6 cm³/mol. The summed E-state index contributed by atoms with van der Waals surface area (Å²) in [6.07, 6.45) is -4.89. The quantitative estimate of drug-likeness (QED) is 0.671. The van der Waals surface area contributed by atoms with Gasteiger partial charge in [-0.15, -0.1) is 0 Å². The maximum Gasteiger partial charge on any atom is 0.401 e. The third kappa shape index (κ3) is 8.80. The van der Waals surface area contributed by atoms with E-state index >= 15 is 0 Å². The number of halogens is 3. The van der Waals surface area contributed by atoms with Gasteiger partial charge in [0.25, 0.3) is 0 Å². The van der Waals surface area contributed by atoms with E-state index < -0.39 is 42.5 Å². The molecule has 0 aliphatic carbocycles. The molecule has 0 rings (SSSR count). The topological polar surface area (TPSA) is 84.2 Å². The molecule has 1 unspecified atom stereocenters. The van der Waals surface area contributed by atoms with E-state index in [4.69, 9.17) is 5.73 Å². The number of nitrogens with one attached hydrogen (secondary N) is 2. The van der Waals surface area contributed by atoms with Crippen molar-refractivity contribution in [2.75, 3.05) is 6.54 Å². The van der Waals surface area contributed by atoms with Gasteiger partial charge < -0.3 is 11.1 Å². The van der Waals surface area contributed by atoms with Gasteiger partial charge in [-0.2, -0.15) is 13.2 Å². The number of alkyl halides is 3. The molecular formula is C10H18F3N3O2. The van der Waals surface area contributed by atoms with Crippen LogP contribution in [0.4, 0.5) is 13.2 Å². The number of amides is 2. The van der Waals surface area contributed by atoms with E-state index in [0.29, 0.717) is 0 Å².